The number of ether oxygens (including phenoxy) is 2. The van der Waals surface area contributed by atoms with Gasteiger partial charge in [0, 0.05) is 6.54 Å². The number of nitrogens with zero attached hydrogens (tertiary/aromatic N) is 1. The number of rotatable bonds is 10. The molecule has 30 heavy (non-hydrogen) atoms. The first-order valence-corrected chi connectivity index (χ1v) is 11.4. The van der Waals surface area contributed by atoms with E-state index >= 15 is 0 Å². The molecule has 0 unspecified atom stereocenters. The smallest absolute Gasteiger partial charge is 0.243 e. The Hall–Kier alpha value is -2.29. The number of sulfonamides is 1. The van der Waals surface area contributed by atoms with Gasteiger partial charge in [0.15, 0.2) is 0 Å². The fraction of sp³-hybridized carbons (Fsp3) is 0.381. The van der Waals surface area contributed by atoms with Gasteiger partial charge in [0.1, 0.15) is 11.5 Å². The van der Waals surface area contributed by atoms with Crippen LogP contribution in [0.5, 0.6) is 11.5 Å². The van der Waals surface area contributed by atoms with E-state index in [4.69, 9.17) is 21.1 Å². The molecule has 2 rings (SSSR count). The van der Waals surface area contributed by atoms with Crippen molar-refractivity contribution in [2.24, 2.45) is 0 Å². The van der Waals surface area contributed by atoms with Crippen LogP contribution < -0.4 is 14.8 Å². The summed E-state index contributed by atoms with van der Waals surface area (Å²) in [5.41, 5.74) is 0.883. The van der Waals surface area contributed by atoms with Crippen LogP contribution in [-0.4, -0.2) is 45.4 Å². The van der Waals surface area contributed by atoms with Gasteiger partial charge in [-0.15, -0.1) is 0 Å². The number of hydrogen-bond acceptors (Lipinski definition) is 5. The molecule has 0 radical (unpaired) electrons. The van der Waals surface area contributed by atoms with Crippen molar-refractivity contribution in [2.45, 2.75) is 31.7 Å². The molecule has 0 fully saturated rings. The van der Waals surface area contributed by atoms with Crippen molar-refractivity contribution >= 4 is 27.5 Å². The van der Waals surface area contributed by atoms with Gasteiger partial charge in [-0.05, 0) is 49.7 Å². The summed E-state index contributed by atoms with van der Waals surface area (Å²) in [6.45, 7) is 5.57. The SMILES string of the molecule is CCOc1ccc(S(=O)(=O)N(CC)CC(=O)N[C@H](C)c2ccc(OC)cc2)cc1Cl. The zero-order valence-corrected chi connectivity index (χ0v) is 19.1. The molecule has 2 aromatic rings. The molecule has 164 valence electrons. The summed E-state index contributed by atoms with van der Waals surface area (Å²) in [6, 6.07) is 11.3. The van der Waals surface area contributed by atoms with Crippen molar-refractivity contribution in [1.29, 1.82) is 0 Å². The second-order valence-electron chi connectivity index (χ2n) is 6.52. The zero-order chi connectivity index (χ0) is 22.3. The first-order valence-electron chi connectivity index (χ1n) is 9.58. The maximum atomic E-state index is 13.0. The van der Waals surface area contributed by atoms with Crippen molar-refractivity contribution < 1.29 is 22.7 Å². The molecular formula is C21H27ClN2O5S. The Morgan fingerprint density at radius 1 is 1.17 bits per heavy atom. The number of methoxy groups -OCH3 is 1. The van der Waals surface area contributed by atoms with Gasteiger partial charge < -0.3 is 14.8 Å². The Bertz CT molecular complexity index is 964. The van der Waals surface area contributed by atoms with Gasteiger partial charge in [-0.2, -0.15) is 4.31 Å². The average molecular weight is 455 g/mol. The highest BCUT2D eigenvalue weighted by Crippen LogP contribution is 2.28. The van der Waals surface area contributed by atoms with Crippen molar-refractivity contribution in [2.75, 3.05) is 26.8 Å². The Labute approximate surface area is 183 Å². The monoisotopic (exact) mass is 454 g/mol. The number of benzene rings is 2. The Morgan fingerprint density at radius 3 is 2.37 bits per heavy atom. The molecular weight excluding hydrogens is 428 g/mol. The molecule has 0 aliphatic heterocycles. The molecule has 2 aromatic carbocycles. The lowest BCUT2D eigenvalue weighted by Crippen LogP contribution is -2.41. The summed E-state index contributed by atoms with van der Waals surface area (Å²) in [4.78, 5) is 12.5. The van der Waals surface area contributed by atoms with Gasteiger partial charge in [0.05, 0.1) is 36.2 Å². The van der Waals surface area contributed by atoms with Gasteiger partial charge in [0.25, 0.3) is 0 Å². The fourth-order valence-corrected chi connectivity index (χ4v) is 4.59. The highest BCUT2D eigenvalue weighted by Gasteiger charge is 2.26. The maximum absolute atomic E-state index is 13.0. The normalized spacial score (nSPS) is 12.5. The first-order chi connectivity index (χ1) is 14.2. The van der Waals surface area contributed by atoms with Crippen molar-refractivity contribution in [3.05, 3.63) is 53.1 Å². The number of amides is 1. The topological polar surface area (TPSA) is 84.9 Å². The van der Waals surface area contributed by atoms with Crippen molar-refractivity contribution in [3.63, 3.8) is 0 Å². The molecule has 1 N–H and O–H groups in total. The van der Waals surface area contributed by atoms with E-state index < -0.39 is 15.9 Å². The van der Waals surface area contributed by atoms with Crippen LogP contribution in [0.15, 0.2) is 47.4 Å². The Morgan fingerprint density at radius 2 is 1.83 bits per heavy atom. The Balaban J connectivity index is 2.10. The standard InChI is InChI=1S/C21H27ClN2O5S/c1-5-24(30(26,27)18-11-12-20(29-6-2)19(22)13-18)14-21(25)23-15(3)16-7-9-17(28-4)10-8-16/h7-13,15H,5-6,14H2,1-4H3,(H,23,25)/t15-/m1/s1. The molecule has 1 atom stereocenters. The first kappa shape index (κ1) is 24.0. The lowest BCUT2D eigenvalue weighted by atomic mass is 10.1. The average Bonchev–Trinajstić information content (AvgIpc) is 2.73. The van der Waals surface area contributed by atoms with Crippen LogP contribution >= 0.6 is 11.6 Å². The third-order valence-electron chi connectivity index (χ3n) is 4.51. The summed E-state index contributed by atoms with van der Waals surface area (Å²) in [6.07, 6.45) is 0. The molecule has 0 bridgehead atoms. The quantitative estimate of drug-likeness (QED) is 0.592. The van der Waals surface area contributed by atoms with Gasteiger partial charge in [-0.25, -0.2) is 8.42 Å². The lowest BCUT2D eigenvalue weighted by Gasteiger charge is -2.22. The van der Waals surface area contributed by atoms with E-state index in [1.807, 2.05) is 26.0 Å². The second kappa shape index (κ2) is 10.7. The van der Waals surface area contributed by atoms with Crippen molar-refractivity contribution in [3.8, 4) is 11.5 Å². The minimum Gasteiger partial charge on any atom is -0.497 e. The van der Waals surface area contributed by atoms with E-state index in [1.165, 1.54) is 18.2 Å². The molecule has 9 heteroatoms. The molecule has 0 saturated carbocycles. The minimum absolute atomic E-state index is 0.00815. The summed E-state index contributed by atoms with van der Waals surface area (Å²) >= 11 is 6.13. The molecule has 0 aliphatic carbocycles. The number of halogens is 1. The molecule has 1 amide bonds. The van der Waals surface area contributed by atoms with Crippen LogP contribution in [0.4, 0.5) is 0 Å². The molecule has 7 nitrogen and oxygen atoms in total. The van der Waals surface area contributed by atoms with Gasteiger partial charge in [0.2, 0.25) is 15.9 Å². The number of hydrogen-bond donors (Lipinski definition) is 1. The fourth-order valence-electron chi connectivity index (χ4n) is 2.85. The van der Waals surface area contributed by atoms with Gasteiger partial charge >= 0.3 is 0 Å². The van der Waals surface area contributed by atoms with Crippen LogP contribution in [0.2, 0.25) is 5.02 Å². The Kier molecular flexibility index (Phi) is 8.52. The summed E-state index contributed by atoms with van der Waals surface area (Å²) in [5.74, 6) is 0.725. The van der Waals surface area contributed by atoms with E-state index in [2.05, 4.69) is 5.32 Å². The predicted molar refractivity (Wildman–Crippen MR) is 117 cm³/mol. The molecule has 0 spiro atoms. The van der Waals surface area contributed by atoms with Crippen LogP contribution in [0.25, 0.3) is 0 Å². The zero-order valence-electron chi connectivity index (χ0n) is 17.5. The van der Waals surface area contributed by atoms with Crippen molar-refractivity contribution in [1.82, 2.24) is 9.62 Å². The third kappa shape index (κ3) is 5.87. The van der Waals surface area contributed by atoms with Crippen LogP contribution in [0, 0.1) is 0 Å². The summed E-state index contributed by atoms with van der Waals surface area (Å²) in [7, 11) is -2.31. The maximum Gasteiger partial charge on any atom is 0.243 e. The van der Waals surface area contributed by atoms with Gasteiger partial charge in [-0.3, -0.25) is 4.79 Å². The van der Waals surface area contributed by atoms with Crippen LogP contribution in [0.1, 0.15) is 32.4 Å². The van der Waals surface area contributed by atoms with E-state index in [1.54, 1.807) is 26.2 Å². The lowest BCUT2D eigenvalue weighted by molar-refractivity contribution is -0.121. The van der Waals surface area contributed by atoms with E-state index in [0.29, 0.717) is 12.4 Å². The number of carbonyl (C=O) groups is 1. The number of likely N-dealkylation sites (N-methyl/N-ethyl adjacent to an activating group) is 1. The largest absolute Gasteiger partial charge is 0.497 e. The molecule has 0 heterocycles. The molecule has 0 aromatic heterocycles. The van der Waals surface area contributed by atoms with Crippen LogP contribution in [-0.2, 0) is 14.8 Å². The summed E-state index contributed by atoms with van der Waals surface area (Å²) in [5, 5.41) is 3.03. The van der Waals surface area contributed by atoms with E-state index in [9.17, 15) is 13.2 Å². The number of nitrogens with one attached hydrogen (secondary N) is 1. The molecule has 0 aliphatic rings. The highest BCUT2D eigenvalue weighted by molar-refractivity contribution is 7.89. The van der Waals surface area contributed by atoms with E-state index in [-0.39, 0.29) is 29.0 Å². The predicted octanol–water partition coefficient (Wildman–Crippen LogP) is 3.64. The summed E-state index contributed by atoms with van der Waals surface area (Å²) < 4.78 is 37.5. The number of carbonyl (C=O) groups excluding carboxylic acids is 1. The van der Waals surface area contributed by atoms with Gasteiger partial charge in [-0.1, -0.05) is 30.7 Å². The van der Waals surface area contributed by atoms with Crippen LogP contribution in [0.3, 0.4) is 0 Å². The third-order valence-corrected chi connectivity index (χ3v) is 6.72. The minimum atomic E-state index is -3.89. The highest BCUT2D eigenvalue weighted by atomic mass is 35.5. The van der Waals surface area contributed by atoms with E-state index in [0.717, 1.165) is 15.6 Å². The molecule has 0 saturated heterocycles. The second-order valence-corrected chi connectivity index (χ2v) is 8.86.